The van der Waals surface area contributed by atoms with E-state index in [1.807, 2.05) is 7.05 Å². The molecule has 0 amide bonds. The van der Waals surface area contributed by atoms with Gasteiger partial charge < -0.3 is 5.32 Å². The topological polar surface area (TPSA) is 24.9 Å². The molecule has 3 aromatic rings. The zero-order valence-corrected chi connectivity index (χ0v) is 12.8. The number of nitrogens with one attached hydrogen (secondary N) is 1. The van der Waals surface area contributed by atoms with E-state index in [2.05, 4.69) is 59.9 Å². The Morgan fingerprint density at radius 3 is 2.64 bits per heavy atom. The molecule has 0 radical (unpaired) electrons. The van der Waals surface area contributed by atoms with E-state index in [1.165, 1.54) is 34.3 Å². The maximum atomic E-state index is 5.00. The molecule has 2 nitrogen and oxygen atoms in total. The maximum Gasteiger partial charge on any atom is 0.0726 e. The molecule has 1 unspecified atom stereocenters. The van der Waals surface area contributed by atoms with Crippen LogP contribution in [0.4, 0.5) is 5.69 Å². The highest BCUT2D eigenvalue weighted by atomic mass is 14.9. The van der Waals surface area contributed by atoms with E-state index in [4.69, 9.17) is 4.98 Å². The molecule has 0 fully saturated rings. The second-order valence-corrected chi connectivity index (χ2v) is 6.04. The highest BCUT2D eigenvalue weighted by Crippen LogP contribution is 2.40. The van der Waals surface area contributed by atoms with Crippen LogP contribution in [0, 0.1) is 0 Å². The molecule has 1 aromatic heterocycles. The SMILES string of the molecule is CNc1c2c(nc3ccccc13)C(Cc1ccccc1)CC2. The third-order valence-electron chi connectivity index (χ3n) is 4.73. The van der Waals surface area contributed by atoms with Crippen molar-refractivity contribution in [3.05, 3.63) is 71.4 Å². The average molecular weight is 288 g/mol. The lowest BCUT2D eigenvalue weighted by atomic mass is 9.96. The third-order valence-corrected chi connectivity index (χ3v) is 4.73. The molecule has 1 aliphatic rings. The zero-order valence-electron chi connectivity index (χ0n) is 12.8. The van der Waals surface area contributed by atoms with Crippen molar-refractivity contribution in [3.8, 4) is 0 Å². The number of fused-ring (bicyclic) bond motifs is 2. The van der Waals surface area contributed by atoms with Gasteiger partial charge in [-0.2, -0.15) is 0 Å². The summed E-state index contributed by atoms with van der Waals surface area (Å²) in [5.41, 5.74) is 6.50. The first kappa shape index (κ1) is 13.3. The lowest BCUT2D eigenvalue weighted by Crippen LogP contribution is -2.03. The Hall–Kier alpha value is -2.35. The molecule has 0 bridgehead atoms. The van der Waals surface area contributed by atoms with E-state index >= 15 is 0 Å². The number of rotatable bonds is 3. The molecule has 1 N–H and O–H groups in total. The Balaban J connectivity index is 1.79. The molecule has 110 valence electrons. The summed E-state index contributed by atoms with van der Waals surface area (Å²) in [5, 5.41) is 4.65. The smallest absolute Gasteiger partial charge is 0.0726 e. The van der Waals surface area contributed by atoms with Crippen molar-refractivity contribution < 1.29 is 0 Å². The van der Waals surface area contributed by atoms with Crippen LogP contribution >= 0.6 is 0 Å². The first-order valence-corrected chi connectivity index (χ1v) is 8.00. The second kappa shape index (κ2) is 5.45. The summed E-state index contributed by atoms with van der Waals surface area (Å²) in [6, 6.07) is 19.2. The minimum atomic E-state index is 0.536. The first-order valence-electron chi connectivity index (χ1n) is 8.00. The average Bonchev–Trinajstić information content (AvgIpc) is 2.96. The minimum Gasteiger partial charge on any atom is -0.387 e. The number of anilines is 1. The van der Waals surface area contributed by atoms with Crippen LogP contribution in [0.3, 0.4) is 0 Å². The van der Waals surface area contributed by atoms with Crippen LogP contribution in [-0.4, -0.2) is 12.0 Å². The van der Waals surface area contributed by atoms with E-state index in [-0.39, 0.29) is 0 Å². The predicted octanol–water partition coefficient (Wildman–Crippen LogP) is 4.55. The van der Waals surface area contributed by atoms with Crippen molar-refractivity contribution in [1.82, 2.24) is 4.98 Å². The van der Waals surface area contributed by atoms with Gasteiger partial charge in [0.05, 0.1) is 5.52 Å². The molecular formula is C20H20N2. The van der Waals surface area contributed by atoms with Crippen molar-refractivity contribution in [1.29, 1.82) is 0 Å². The zero-order chi connectivity index (χ0) is 14.9. The number of aromatic nitrogens is 1. The quantitative estimate of drug-likeness (QED) is 0.765. The lowest BCUT2D eigenvalue weighted by molar-refractivity contribution is 0.662. The monoisotopic (exact) mass is 288 g/mol. The van der Waals surface area contributed by atoms with Crippen molar-refractivity contribution in [2.75, 3.05) is 12.4 Å². The number of benzene rings is 2. The summed E-state index contributed by atoms with van der Waals surface area (Å²) in [4.78, 5) is 5.00. The summed E-state index contributed by atoms with van der Waals surface area (Å²) >= 11 is 0. The van der Waals surface area contributed by atoms with Gasteiger partial charge in [-0.3, -0.25) is 4.98 Å². The van der Waals surface area contributed by atoms with Crippen LogP contribution in [0.15, 0.2) is 54.6 Å². The molecule has 0 saturated heterocycles. The van der Waals surface area contributed by atoms with E-state index in [9.17, 15) is 0 Å². The Morgan fingerprint density at radius 2 is 1.82 bits per heavy atom. The fourth-order valence-corrected chi connectivity index (χ4v) is 3.70. The number of pyridine rings is 1. The van der Waals surface area contributed by atoms with Gasteiger partial charge in [-0.05, 0) is 36.5 Å². The van der Waals surface area contributed by atoms with Gasteiger partial charge >= 0.3 is 0 Å². The Bertz CT molecular complexity index is 809. The first-order chi connectivity index (χ1) is 10.9. The summed E-state index contributed by atoms with van der Waals surface area (Å²) in [6.07, 6.45) is 3.41. The van der Waals surface area contributed by atoms with Crippen molar-refractivity contribution in [2.24, 2.45) is 0 Å². The van der Waals surface area contributed by atoms with Crippen molar-refractivity contribution in [2.45, 2.75) is 25.2 Å². The minimum absolute atomic E-state index is 0.536. The van der Waals surface area contributed by atoms with Gasteiger partial charge in [-0.15, -0.1) is 0 Å². The standard InChI is InChI=1S/C20H20N2/c1-21-20-16-9-5-6-10-18(16)22-19-15(11-12-17(19)20)13-14-7-3-2-4-8-14/h2-10,15H,11-13H2,1H3,(H,21,22). The van der Waals surface area contributed by atoms with Crippen LogP contribution in [0.2, 0.25) is 0 Å². The second-order valence-electron chi connectivity index (χ2n) is 6.04. The van der Waals surface area contributed by atoms with Gasteiger partial charge in [0.15, 0.2) is 0 Å². The van der Waals surface area contributed by atoms with Gasteiger partial charge in [-0.1, -0.05) is 48.5 Å². The van der Waals surface area contributed by atoms with Gasteiger partial charge in [0.25, 0.3) is 0 Å². The fraction of sp³-hybridized carbons (Fsp3) is 0.250. The van der Waals surface area contributed by atoms with Gasteiger partial charge in [0, 0.05) is 29.7 Å². The molecule has 2 heteroatoms. The fourth-order valence-electron chi connectivity index (χ4n) is 3.70. The van der Waals surface area contributed by atoms with Crippen LogP contribution in [0.25, 0.3) is 10.9 Å². The Kier molecular flexibility index (Phi) is 3.30. The predicted molar refractivity (Wildman–Crippen MR) is 92.5 cm³/mol. The Morgan fingerprint density at radius 1 is 1.05 bits per heavy atom. The molecule has 1 aliphatic carbocycles. The van der Waals surface area contributed by atoms with E-state index in [0.29, 0.717) is 5.92 Å². The summed E-state index contributed by atoms with van der Waals surface area (Å²) in [7, 11) is 2.02. The number of para-hydroxylation sites is 1. The molecule has 4 rings (SSSR count). The van der Waals surface area contributed by atoms with Crippen LogP contribution in [-0.2, 0) is 12.8 Å². The molecule has 0 aliphatic heterocycles. The molecular weight excluding hydrogens is 268 g/mol. The molecule has 0 spiro atoms. The van der Waals surface area contributed by atoms with E-state index in [0.717, 1.165) is 18.4 Å². The Labute approximate surface area is 131 Å². The number of hydrogen-bond donors (Lipinski definition) is 1. The van der Waals surface area contributed by atoms with E-state index in [1.54, 1.807) is 0 Å². The molecule has 1 heterocycles. The highest BCUT2D eigenvalue weighted by molar-refractivity contribution is 5.93. The number of nitrogens with zero attached hydrogens (tertiary/aromatic N) is 1. The van der Waals surface area contributed by atoms with E-state index < -0.39 is 0 Å². The number of hydrogen-bond acceptors (Lipinski definition) is 2. The van der Waals surface area contributed by atoms with Gasteiger partial charge in [0.2, 0.25) is 0 Å². The van der Waals surface area contributed by atoms with Crippen molar-refractivity contribution in [3.63, 3.8) is 0 Å². The van der Waals surface area contributed by atoms with Crippen LogP contribution in [0.5, 0.6) is 0 Å². The normalized spacial score (nSPS) is 16.7. The third kappa shape index (κ3) is 2.16. The molecule has 22 heavy (non-hydrogen) atoms. The maximum absolute atomic E-state index is 5.00. The molecule has 1 atom stereocenters. The van der Waals surface area contributed by atoms with Gasteiger partial charge in [0.1, 0.15) is 0 Å². The van der Waals surface area contributed by atoms with Crippen LogP contribution in [0.1, 0.15) is 29.2 Å². The molecule has 0 saturated carbocycles. The molecule has 2 aromatic carbocycles. The highest BCUT2D eigenvalue weighted by Gasteiger charge is 2.27. The van der Waals surface area contributed by atoms with Gasteiger partial charge in [-0.25, -0.2) is 0 Å². The summed E-state index contributed by atoms with van der Waals surface area (Å²) < 4.78 is 0. The summed E-state index contributed by atoms with van der Waals surface area (Å²) in [6.45, 7) is 0. The largest absolute Gasteiger partial charge is 0.387 e. The summed E-state index contributed by atoms with van der Waals surface area (Å²) in [5.74, 6) is 0.536. The lowest BCUT2D eigenvalue weighted by Gasteiger charge is -2.15. The van der Waals surface area contributed by atoms with Crippen molar-refractivity contribution >= 4 is 16.6 Å². The van der Waals surface area contributed by atoms with Crippen LogP contribution < -0.4 is 5.32 Å².